The van der Waals surface area contributed by atoms with Gasteiger partial charge in [0, 0.05) is 30.4 Å². The van der Waals surface area contributed by atoms with Gasteiger partial charge in [-0.15, -0.1) is 0 Å². The van der Waals surface area contributed by atoms with Crippen LogP contribution in [0.2, 0.25) is 5.02 Å². The Balaban J connectivity index is 1.53. The van der Waals surface area contributed by atoms with Gasteiger partial charge in [0.2, 0.25) is 0 Å². The molecule has 30 heavy (non-hydrogen) atoms. The van der Waals surface area contributed by atoms with Crippen molar-refractivity contribution in [2.75, 3.05) is 12.4 Å². The van der Waals surface area contributed by atoms with Gasteiger partial charge in [0.15, 0.2) is 5.13 Å². The van der Waals surface area contributed by atoms with E-state index in [0.29, 0.717) is 17.2 Å². The first-order valence-corrected chi connectivity index (χ1v) is 10.5. The van der Waals surface area contributed by atoms with E-state index < -0.39 is 0 Å². The molecule has 1 amide bonds. The molecule has 152 valence electrons. The van der Waals surface area contributed by atoms with Crippen molar-refractivity contribution in [3.8, 4) is 11.5 Å². The third-order valence-electron chi connectivity index (χ3n) is 4.50. The number of thiazole rings is 1. The normalized spacial score (nSPS) is 11.8. The fourth-order valence-electron chi connectivity index (χ4n) is 2.98. The number of hydrogen-bond donors (Lipinski definition) is 2. The van der Waals surface area contributed by atoms with Gasteiger partial charge in [-0.05, 0) is 36.8 Å². The first kappa shape index (κ1) is 20.1. The topological polar surface area (TPSA) is 76.1 Å². The lowest BCUT2D eigenvalue weighted by Gasteiger charge is -2.14. The van der Waals surface area contributed by atoms with Crippen LogP contribution >= 0.6 is 22.9 Å². The average Bonchev–Trinajstić information content (AvgIpc) is 3.15. The fourth-order valence-corrected chi connectivity index (χ4v) is 4.26. The molecule has 0 aliphatic rings. The second-order valence-corrected chi connectivity index (χ2v) is 8.03. The summed E-state index contributed by atoms with van der Waals surface area (Å²) in [7, 11) is 1.56. The second kappa shape index (κ2) is 8.69. The quantitative estimate of drug-likeness (QED) is 0.405. The number of aromatic nitrogens is 2. The summed E-state index contributed by atoms with van der Waals surface area (Å²) in [6, 6.07) is 16.8. The number of fused-ring (bicyclic) bond motifs is 1. The molecule has 2 N–H and O–H groups in total. The zero-order valence-corrected chi connectivity index (χ0v) is 17.9. The molecule has 0 fully saturated rings. The van der Waals surface area contributed by atoms with Crippen molar-refractivity contribution in [1.29, 1.82) is 0 Å². The molecule has 0 saturated heterocycles. The number of nitrogens with one attached hydrogen (secondary N) is 2. The smallest absolute Gasteiger partial charge is 0.269 e. The minimum Gasteiger partial charge on any atom is -0.457 e. The van der Waals surface area contributed by atoms with E-state index in [1.54, 1.807) is 36.7 Å². The molecule has 0 saturated carbocycles. The van der Waals surface area contributed by atoms with Gasteiger partial charge in [0.1, 0.15) is 17.2 Å². The Labute approximate surface area is 182 Å². The van der Waals surface area contributed by atoms with E-state index in [1.165, 1.54) is 0 Å². The van der Waals surface area contributed by atoms with Gasteiger partial charge >= 0.3 is 0 Å². The van der Waals surface area contributed by atoms with E-state index in [4.69, 9.17) is 16.3 Å². The van der Waals surface area contributed by atoms with Crippen molar-refractivity contribution >= 4 is 44.2 Å². The maximum Gasteiger partial charge on any atom is 0.269 e. The number of benzene rings is 2. The molecule has 2 aromatic heterocycles. The highest BCUT2D eigenvalue weighted by atomic mass is 35.5. The molecule has 2 heterocycles. The number of nitrogens with zero attached hydrogens (tertiary/aromatic N) is 2. The fraction of sp³-hybridized carbons (Fsp3) is 0.136. The molecule has 1 atom stereocenters. The molecule has 0 spiro atoms. The summed E-state index contributed by atoms with van der Waals surface area (Å²) in [6.45, 7) is 2.05. The van der Waals surface area contributed by atoms with E-state index in [2.05, 4.69) is 27.5 Å². The molecule has 4 rings (SSSR count). The highest BCUT2D eigenvalue weighted by Gasteiger charge is 2.13. The number of carbonyl (C=O) groups excluding carboxylic acids is 1. The Morgan fingerprint density at radius 1 is 1.13 bits per heavy atom. The maximum absolute atomic E-state index is 11.8. The highest BCUT2D eigenvalue weighted by molar-refractivity contribution is 7.22. The summed E-state index contributed by atoms with van der Waals surface area (Å²) in [5.41, 5.74) is 2.20. The third kappa shape index (κ3) is 4.37. The molecule has 0 aliphatic heterocycles. The monoisotopic (exact) mass is 438 g/mol. The Hall–Kier alpha value is -3.16. The molecule has 4 aromatic rings. The van der Waals surface area contributed by atoms with Gasteiger partial charge in [-0.2, -0.15) is 0 Å². The van der Waals surface area contributed by atoms with Crippen molar-refractivity contribution < 1.29 is 9.53 Å². The predicted octanol–water partition coefficient (Wildman–Crippen LogP) is 5.67. The molecular weight excluding hydrogens is 420 g/mol. The first-order chi connectivity index (χ1) is 14.5. The molecule has 8 heteroatoms. The zero-order valence-electron chi connectivity index (χ0n) is 16.3. The van der Waals surface area contributed by atoms with E-state index >= 15 is 0 Å². The molecule has 0 aliphatic carbocycles. The number of halogens is 1. The number of pyridine rings is 1. The standard InChI is InChI=1S/C22H19ClN4O2S/c1-13(16-5-3-4-6-17(16)23)26-22-27-18-8-7-14(12-20(18)30-22)29-15-9-10-25-19(11-15)21(28)24-2/h3-13H,1-2H3,(H,24,28)(H,26,27). The van der Waals surface area contributed by atoms with Crippen molar-refractivity contribution in [3.63, 3.8) is 0 Å². The third-order valence-corrected chi connectivity index (χ3v) is 5.79. The molecule has 6 nitrogen and oxygen atoms in total. The van der Waals surface area contributed by atoms with E-state index in [-0.39, 0.29) is 11.9 Å². The summed E-state index contributed by atoms with van der Waals surface area (Å²) in [5.74, 6) is 0.936. The second-order valence-electron chi connectivity index (χ2n) is 6.59. The summed E-state index contributed by atoms with van der Waals surface area (Å²) in [4.78, 5) is 20.5. The largest absolute Gasteiger partial charge is 0.457 e. The van der Waals surface area contributed by atoms with Crippen LogP contribution in [0.25, 0.3) is 10.2 Å². The summed E-state index contributed by atoms with van der Waals surface area (Å²) in [5, 5.41) is 7.50. The lowest BCUT2D eigenvalue weighted by Crippen LogP contribution is -2.18. The van der Waals surface area contributed by atoms with Crippen LogP contribution in [0.1, 0.15) is 29.0 Å². The Morgan fingerprint density at radius 3 is 2.73 bits per heavy atom. The van der Waals surface area contributed by atoms with Crippen LogP contribution < -0.4 is 15.4 Å². The highest BCUT2D eigenvalue weighted by Crippen LogP contribution is 2.33. The van der Waals surface area contributed by atoms with Crippen LogP contribution in [0.3, 0.4) is 0 Å². The molecule has 2 aromatic carbocycles. The first-order valence-electron chi connectivity index (χ1n) is 9.31. The lowest BCUT2D eigenvalue weighted by molar-refractivity contribution is 0.0958. The minimum atomic E-state index is -0.262. The SMILES string of the molecule is CNC(=O)c1cc(Oc2ccc3nc(NC(C)c4ccccc4Cl)sc3c2)ccn1. The molecule has 1 unspecified atom stereocenters. The number of anilines is 1. The van der Waals surface area contributed by atoms with Crippen LogP contribution in [-0.2, 0) is 0 Å². The van der Waals surface area contributed by atoms with Gasteiger partial charge < -0.3 is 15.4 Å². The van der Waals surface area contributed by atoms with Gasteiger partial charge in [0.25, 0.3) is 5.91 Å². The van der Waals surface area contributed by atoms with Crippen molar-refractivity contribution in [3.05, 3.63) is 77.1 Å². The van der Waals surface area contributed by atoms with Crippen LogP contribution in [0, 0.1) is 0 Å². The van der Waals surface area contributed by atoms with Crippen LogP contribution in [0.15, 0.2) is 60.8 Å². The Morgan fingerprint density at radius 2 is 1.93 bits per heavy atom. The number of hydrogen-bond acceptors (Lipinski definition) is 6. The van der Waals surface area contributed by atoms with Gasteiger partial charge in [-0.3, -0.25) is 9.78 Å². The number of amides is 1. The van der Waals surface area contributed by atoms with Crippen molar-refractivity contribution in [2.24, 2.45) is 0 Å². The molecular formula is C22H19ClN4O2S. The number of carbonyl (C=O) groups is 1. The maximum atomic E-state index is 11.8. The van der Waals surface area contributed by atoms with E-state index in [1.807, 2.05) is 42.5 Å². The van der Waals surface area contributed by atoms with E-state index in [9.17, 15) is 4.79 Å². The van der Waals surface area contributed by atoms with Gasteiger partial charge in [-0.1, -0.05) is 41.1 Å². The molecule has 0 radical (unpaired) electrons. The van der Waals surface area contributed by atoms with E-state index in [0.717, 1.165) is 25.9 Å². The summed E-state index contributed by atoms with van der Waals surface area (Å²) in [6.07, 6.45) is 1.54. The predicted molar refractivity (Wildman–Crippen MR) is 121 cm³/mol. The van der Waals surface area contributed by atoms with Gasteiger partial charge in [0.05, 0.1) is 16.3 Å². The number of rotatable bonds is 6. The lowest BCUT2D eigenvalue weighted by atomic mass is 10.1. The average molecular weight is 439 g/mol. The van der Waals surface area contributed by atoms with Crippen LogP contribution in [-0.4, -0.2) is 22.9 Å². The minimum absolute atomic E-state index is 0.0231. The Kier molecular flexibility index (Phi) is 5.83. The van der Waals surface area contributed by atoms with Gasteiger partial charge in [-0.25, -0.2) is 4.98 Å². The Bertz CT molecular complexity index is 1210. The number of ether oxygens (including phenoxy) is 1. The molecule has 0 bridgehead atoms. The zero-order chi connectivity index (χ0) is 21.1. The van der Waals surface area contributed by atoms with Crippen molar-refractivity contribution in [2.45, 2.75) is 13.0 Å². The van der Waals surface area contributed by atoms with Crippen LogP contribution in [0.4, 0.5) is 5.13 Å². The van der Waals surface area contributed by atoms with Crippen molar-refractivity contribution in [1.82, 2.24) is 15.3 Å². The van der Waals surface area contributed by atoms with Crippen LogP contribution in [0.5, 0.6) is 11.5 Å². The summed E-state index contributed by atoms with van der Waals surface area (Å²) < 4.78 is 6.91. The summed E-state index contributed by atoms with van der Waals surface area (Å²) >= 11 is 7.84.